The summed E-state index contributed by atoms with van der Waals surface area (Å²) >= 11 is 17.7. The normalized spacial score (nSPS) is 16.5. The standard InChI is InChI=1S/C20H20BrCl2NOS/c1-2-17(25)20(9-11-24-12-10-20)13-5-3-4-6-15(13)26-16-8-7-14(21)18(22)19(16)23/h3-8,24H,2,9-12H2,1H3. The van der Waals surface area contributed by atoms with Crippen molar-refractivity contribution in [2.24, 2.45) is 0 Å². The lowest BCUT2D eigenvalue weighted by molar-refractivity contribution is -0.125. The first-order chi connectivity index (χ1) is 12.5. The summed E-state index contributed by atoms with van der Waals surface area (Å²) in [5.74, 6) is 0.312. The summed E-state index contributed by atoms with van der Waals surface area (Å²) in [5, 5.41) is 4.42. The minimum Gasteiger partial charge on any atom is -0.317 e. The second kappa shape index (κ2) is 8.66. The average molecular weight is 473 g/mol. The van der Waals surface area contributed by atoms with Crippen LogP contribution in [-0.2, 0) is 10.2 Å². The minimum absolute atomic E-state index is 0.312. The van der Waals surface area contributed by atoms with Crippen LogP contribution in [0.4, 0.5) is 0 Å². The van der Waals surface area contributed by atoms with Crippen molar-refractivity contribution in [1.82, 2.24) is 5.32 Å². The number of hydrogen-bond donors (Lipinski definition) is 1. The monoisotopic (exact) mass is 471 g/mol. The van der Waals surface area contributed by atoms with Gasteiger partial charge in [-0.3, -0.25) is 4.79 Å². The van der Waals surface area contributed by atoms with Crippen LogP contribution in [0, 0.1) is 0 Å². The van der Waals surface area contributed by atoms with E-state index in [1.165, 1.54) is 0 Å². The van der Waals surface area contributed by atoms with Gasteiger partial charge in [0.1, 0.15) is 5.78 Å². The van der Waals surface area contributed by atoms with E-state index in [0.29, 0.717) is 22.2 Å². The molecule has 2 nitrogen and oxygen atoms in total. The lowest BCUT2D eigenvalue weighted by Gasteiger charge is -2.38. The average Bonchev–Trinajstić information content (AvgIpc) is 2.68. The highest BCUT2D eigenvalue weighted by atomic mass is 79.9. The molecule has 1 saturated heterocycles. The zero-order chi connectivity index (χ0) is 18.7. The van der Waals surface area contributed by atoms with Crippen molar-refractivity contribution in [3.8, 4) is 0 Å². The number of carbonyl (C=O) groups excluding carboxylic acids is 1. The smallest absolute Gasteiger partial charge is 0.143 e. The Morgan fingerprint density at radius 3 is 2.50 bits per heavy atom. The van der Waals surface area contributed by atoms with Gasteiger partial charge in [0.15, 0.2) is 0 Å². The van der Waals surface area contributed by atoms with Crippen LogP contribution in [0.2, 0.25) is 10.0 Å². The van der Waals surface area contributed by atoms with Crippen molar-refractivity contribution in [3.05, 3.63) is 56.5 Å². The lowest BCUT2D eigenvalue weighted by atomic mass is 9.69. The number of hydrogen-bond acceptors (Lipinski definition) is 3. The van der Waals surface area contributed by atoms with Crippen molar-refractivity contribution >= 4 is 56.7 Å². The predicted molar refractivity (Wildman–Crippen MR) is 114 cm³/mol. The topological polar surface area (TPSA) is 29.1 Å². The largest absolute Gasteiger partial charge is 0.317 e. The Hall–Kier alpha value is -0.520. The van der Waals surface area contributed by atoms with Crippen molar-refractivity contribution in [2.45, 2.75) is 41.4 Å². The SMILES string of the molecule is CCC(=O)C1(c2ccccc2Sc2ccc(Br)c(Cl)c2Cl)CCNCC1. The summed E-state index contributed by atoms with van der Waals surface area (Å²) in [5.41, 5.74) is 0.684. The fraction of sp³-hybridized carbons (Fsp3) is 0.350. The minimum atomic E-state index is -0.421. The molecule has 0 atom stereocenters. The first kappa shape index (κ1) is 20.2. The first-order valence-electron chi connectivity index (χ1n) is 8.64. The number of nitrogens with one attached hydrogen (secondary N) is 1. The lowest BCUT2D eigenvalue weighted by Crippen LogP contribution is -2.45. The Balaban J connectivity index is 2.05. The van der Waals surface area contributed by atoms with Gasteiger partial charge in [-0.25, -0.2) is 0 Å². The van der Waals surface area contributed by atoms with Gasteiger partial charge < -0.3 is 5.32 Å². The van der Waals surface area contributed by atoms with Gasteiger partial charge in [0.2, 0.25) is 0 Å². The third-order valence-corrected chi connectivity index (χ3v) is 7.95. The number of piperidine rings is 1. The fourth-order valence-electron chi connectivity index (χ4n) is 3.55. The molecule has 0 saturated carbocycles. The molecule has 0 radical (unpaired) electrons. The van der Waals surface area contributed by atoms with E-state index in [1.807, 2.05) is 31.2 Å². The summed E-state index contributed by atoms with van der Waals surface area (Å²) in [6, 6.07) is 12.0. The Labute approximate surface area is 177 Å². The fourth-order valence-corrected chi connectivity index (χ4v) is 5.58. The molecule has 1 N–H and O–H groups in total. The second-order valence-electron chi connectivity index (χ2n) is 6.38. The Morgan fingerprint density at radius 2 is 1.81 bits per heavy atom. The molecule has 1 aliphatic rings. The van der Waals surface area contributed by atoms with E-state index in [9.17, 15) is 4.79 Å². The van der Waals surface area contributed by atoms with E-state index in [4.69, 9.17) is 23.2 Å². The Kier molecular flexibility index (Phi) is 6.73. The van der Waals surface area contributed by atoms with Gasteiger partial charge in [0, 0.05) is 20.7 Å². The number of rotatable bonds is 5. The molecule has 1 fully saturated rings. The predicted octanol–water partition coefficient (Wildman–Crippen LogP) is 6.51. The van der Waals surface area contributed by atoms with Crippen molar-refractivity contribution < 1.29 is 4.79 Å². The molecule has 6 heteroatoms. The summed E-state index contributed by atoms with van der Waals surface area (Å²) in [4.78, 5) is 14.9. The van der Waals surface area contributed by atoms with Crippen LogP contribution in [-0.4, -0.2) is 18.9 Å². The molecule has 2 aromatic rings. The summed E-state index contributed by atoms with van der Waals surface area (Å²) in [6.45, 7) is 3.67. The molecule has 1 aliphatic heterocycles. The highest BCUT2D eigenvalue weighted by Gasteiger charge is 2.41. The molecule has 1 heterocycles. The Morgan fingerprint density at radius 1 is 1.12 bits per heavy atom. The molecule has 2 aromatic carbocycles. The molecular weight excluding hydrogens is 453 g/mol. The molecule has 0 aliphatic carbocycles. The van der Waals surface area contributed by atoms with Crippen LogP contribution in [0.1, 0.15) is 31.7 Å². The Bertz CT molecular complexity index is 821. The molecule has 0 amide bonds. The van der Waals surface area contributed by atoms with Gasteiger partial charge >= 0.3 is 0 Å². The maximum absolute atomic E-state index is 13.0. The summed E-state index contributed by atoms with van der Waals surface area (Å²) in [7, 11) is 0. The van der Waals surface area contributed by atoms with Crippen molar-refractivity contribution in [1.29, 1.82) is 0 Å². The molecule has 3 rings (SSSR count). The van der Waals surface area contributed by atoms with Crippen LogP contribution < -0.4 is 5.32 Å². The van der Waals surface area contributed by atoms with E-state index in [-0.39, 0.29) is 0 Å². The third-order valence-electron chi connectivity index (χ3n) is 4.93. The van der Waals surface area contributed by atoms with E-state index in [1.54, 1.807) is 11.8 Å². The van der Waals surface area contributed by atoms with Crippen LogP contribution in [0.15, 0.2) is 50.7 Å². The van der Waals surface area contributed by atoms with Gasteiger partial charge in [-0.05, 0) is 65.6 Å². The molecular formula is C20H20BrCl2NOS. The van der Waals surface area contributed by atoms with E-state index in [0.717, 1.165) is 45.8 Å². The molecule has 0 spiro atoms. The van der Waals surface area contributed by atoms with E-state index < -0.39 is 5.41 Å². The molecule has 26 heavy (non-hydrogen) atoms. The number of halogens is 3. The number of ketones is 1. The summed E-state index contributed by atoms with van der Waals surface area (Å²) in [6.07, 6.45) is 2.20. The molecule has 0 unspecified atom stereocenters. The second-order valence-corrected chi connectivity index (χ2v) is 9.07. The molecule has 0 bridgehead atoms. The first-order valence-corrected chi connectivity index (χ1v) is 11.0. The van der Waals surface area contributed by atoms with Gasteiger partial charge in [0.25, 0.3) is 0 Å². The quantitative estimate of drug-likeness (QED) is 0.503. The van der Waals surface area contributed by atoms with E-state index >= 15 is 0 Å². The van der Waals surface area contributed by atoms with Crippen molar-refractivity contribution in [2.75, 3.05) is 13.1 Å². The highest BCUT2D eigenvalue weighted by molar-refractivity contribution is 9.10. The third kappa shape index (κ3) is 3.85. The highest BCUT2D eigenvalue weighted by Crippen LogP contribution is 2.45. The number of benzene rings is 2. The van der Waals surface area contributed by atoms with Crippen LogP contribution in [0.3, 0.4) is 0 Å². The number of carbonyl (C=O) groups is 1. The van der Waals surface area contributed by atoms with Crippen LogP contribution in [0.5, 0.6) is 0 Å². The van der Waals surface area contributed by atoms with Gasteiger partial charge in [-0.1, -0.05) is 60.1 Å². The zero-order valence-electron chi connectivity index (χ0n) is 14.5. The molecule has 138 valence electrons. The van der Waals surface area contributed by atoms with Crippen molar-refractivity contribution in [3.63, 3.8) is 0 Å². The number of Topliss-reactive ketones (excluding diaryl/α,β-unsaturated/α-hetero) is 1. The molecule has 0 aromatic heterocycles. The van der Waals surface area contributed by atoms with E-state index in [2.05, 4.69) is 33.4 Å². The maximum atomic E-state index is 13.0. The zero-order valence-corrected chi connectivity index (χ0v) is 18.4. The summed E-state index contributed by atoms with van der Waals surface area (Å²) < 4.78 is 0.776. The van der Waals surface area contributed by atoms with Crippen LogP contribution >= 0.6 is 50.9 Å². The maximum Gasteiger partial charge on any atom is 0.143 e. The van der Waals surface area contributed by atoms with Gasteiger partial charge in [0.05, 0.1) is 15.5 Å². The van der Waals surface area contributed by atoms with Gasteiger partial charge in [-0.2, -0.15) is 0 Å². The van der Waals surface area contributed by atoms with Crippen LogP contribution in [0.25, 0.3) is 0 Å². The van der Waals surface area contributed by atoms with Gasteiger partial charge in [-0.15, -0.1) is 0 Å².